The van der Waals surface area contributed by atoms with Gasteiger partial charge in [0.1, 0.15) is 5.75 Å². The molecule has 0 saturated heterocycles. The lowest BCUT2D eigenvalue weighted by Crippen LogP contribution is -1.91. The molecule has 1 aliphatic heterocycles. The lowest BCUT2D eigenvalue weighted by atomic mass is 10.1. The molecular formula is C14H11FO3S. The molecule has 0 aliphatic carbocycles. The summed E-state index contributed by atoms with van der Waals surface area (Å²) in [5, 5.41) is 0. The molecule has 1 atom stereocenters. The number of benzene rings is 2. The summed E-state index contributed by atoms with van der Waals surface area (Å²) < 4.78 is 35.4. The first-order valence-corrected chi connectivity index (χ1v) is 7.00. The zero-order valence-electron chi connectivity index (χ0n) is 10.2. The molecule has 2 aromatic carbocycles. The van der Waals surface area contributed by atoms with E-state index in [0.29, 0.717) is 10.6 Å². The van der Waals surface area contributed by atoms with E-state index in [1.165, 1.54) is 13.2 Å². The summed E-state index contributed by atoms with van der Waals surface area (Å²) in [5.41, 5.74) is 1.54. The molecule has 1 heterocycles. The molecule has 3 rings (SSSR count). The van der Waals surface area contributed by atoms with Crippen molar-refractivity contribution in [3.8, 4) is 22.6 Å². The molecule has 1 aliphatic rings. The van der Waals surface area contributed by atoms with Crippen LogP contribution in [-0.2, 0) is 10.8 Å². The Labute approximate surface area is 112 Å². The van der Waals surface area contributed by atoms with Gasteiger partial charge in [-0.3, -0.25) is 4.21 Å². The number of rotatable bonds is 2. The molecule has 0 amide bonds. The monoisotopic (exact) mass is 278 g/mol. The Kier molecular flexibility index (Phi) is 2.98. The number of ether oxygens (including phenoxy) is 2. The SMILES string of the molecule is COc1ccc(-c2ccc3c(c2)OCS3=O)cc1F. The maximum Gasteiger partial charge on any atom is 0.167 e. The first-order chi connectivity index (χ1) is 9.19. The van der Waals surface area contributed by atoms with Crippen LogP contribution in [0.25, 0.3) is 11.1 Å². The van der Waals surface area contributed by atoms with Crippen LogP contribution in [-0.4, -0.2) is 17.3 Å². The summed E-state index contributed by atoms with van der Waals surface area (Å²) in [4.78, 5) is 0.692. The summed E-state index contributed by atoms with van der Waals surface area (Å²) in [6.45, 7) is 0. The maximum atomic E-state index is 13.7. The topological polar surface area (TPSA) is 35.5 Å². The van der Waals surface area contributed by atoms with Crippen LogP contribution in [0.5, 0.6) is 11.5 Å². The van der Waals surface area contributed by atoms with E-state index in [4.69, 9.17) is 9.47 Å². The van der Waals surface area contributed by atoms with Gasteiger partial charge in [0, 0.05) is 0 Å². The number of fused-ring (bicyclic) bond motifs is 1. The number of methoxy groups -OCH3 is 1. The van der Waals surface area contributed by atoms with Crippen LogP contribution < -0.4 is 9.47 Å². The zero-order chi connectivity index (χ0) is 13.4. The van der Waals surface area contributed by atoms with Gasteiger partial charge in [0.15, 0.2) is 17.5 Å². The van der Waals surface area contributed by atoms with Gasteiger partial charge < -0.3 is 9.47 Å². The fraction of sp³-hybridized carbons (Fsp3) is 0.143. The molecule has 0 aromatic heterocycles. The van der Waals surface area contributed by atoms with E-state index in [1.54, 1.807) is 24.3 Å². The van der Waals surface area contributed by atoms with Crippen LogP contribution in [0.3, 0.4) is 0 Å². The second-order valence-electron chi connectivity index (χ2n) is 4.12. The van der Waals surface area contributed by atoms with Crippen molar-refractivity contribution >= 4 is 10.8 Å². The van der Waals surface area contributed by atoms with E-state index in [1.807, 2.05) is 6.07 Å². The highest BCUT2D eigenvalue weighted by molar-refractivity contribution is 7.85. The second-order valence-corrected chi connectivity index (χ2v) is 5.49. The Balaban J connectivity index is 2.03. The third-order valence-electron chi connectivity index (χ3n) is 3.00. The summed E-state index contributed by atoms with van der Waals surface area (Å²) in [5.74, 6) is 0.592. The van der Waals surface area contributed by atoms with Crippen molar-refractivity contribution in [3.63, 3.8) is 0 Å². The third kappa shape index (κ3) is 2.10. The van der Waals surface area contributed by atoms with Crippen LogP contribution in [0.1, 0.15) is 0 Å². The first kappa shape index (κ1) is 12.2. The minimum atomic E-state index is -1.09. The summed E-state index contributed by atoms with van der Waals surface area (Å²) >= 11 is 0. The van der Waals surface area contributed by atoms with Crippen LogP contribution in [0, 0.1) is 5.82 Å². The lowest BCUT2D eigenvalue weighted by Gasteiger charge is -2.06. The molecule has 0 bridgehead atoms. The average molecular weight is 278 g/mol. The Morgan fingerprint density at radius 2 is 1.95 bits per heavy atom. The Bertz CT molecular complexity index is 670. The van der Waals surface area contributed by atoms with Crippen LogP contribution in [0.15, 0.2) is 41.3 Å². The van der Waals surface area contributed by atoms with Crippen molar-refractivity contribution in [2.45, 2.75) is 4.90 Å². The minimum absolute atomic E-state index is 0.190. The Morgan fingerprint density at radius 1 is 1.21 bits per heavy atom. The van der Waals surface area contributed by atoms with E-state index in [2.05, 4.69) is 0 Å². The van der Waals surface area contributed by atoms with Crippen LogP contribution in [0.4, 0.5) is 4.39 Å². The van der Waals surface area contributed by atoms with Crippen LogP contribution in [0.2, 0.25) is 0 Å². The van der Waals surface area contributed by atoms with Crippen molar-refractivity contribution in [3.05, 3.63) is 42.2 Å². The summed E-state index contributed by atoms with van der Waals surface area (Å²) in [6, 6.07) is 10.1. The van der Waals surface area contributed by atoms with Gasteiger partial charge in [-0.15, -0.1) is 0 Å². The number of hydrogen-bond acceptors (Lipinski definition) is 3. The average Bonchev–Trinajstić information content (AvgIpc) is 2.80. The highest BCUT2D eigenvalue weighted by atomic mass is 32.2. The van der Waals surface area contributed by atoms with Crippen molar-refractivity contribution in [1.82, 2.24) is 0 Å². The molecule has 5 heteroatoms. The molecule has 0 saturated carbocycles. The van der Waals surface area contributed by atoms with Crippen molar-refractivity contribution < 1.29 is 18.1 Å². The largest absolute Gasteiger partial charge is 0.494 e. The predicted molar refractivity (Wildman–Crippen MR) is 70.3 cm³/mol. The molecule has 0 N–H and O–H groups in total. The normalized spacial score (nSPS) is 16.8. The van der Waals surface area contributed by atoms with Crippen molar-refractivity contribution in [1.29, 1.82) is 0 Å². The fourth-order valence-electron chi connectivity index (χ4n) is 2.01. The quantitative estimate of drug-likeness (QED) is 0.847. The highest BCUT2D eigenvalue weighted by Crippen LogP contribution is 2.34. The molecule has 2 aromatic rings. The standard InChI is InChI=1S/C14H11FO3S/c1-17-12-4-2-9(6-11(12)15)10-3-5-14-13(7-10)18-8-19(14)16/h2-7H,8H2,1H3. The highest BCUT2D eigenvalue weighted by Gasteiger charge is 2.20. The van der Waals surface area contributed by atoms with Gasteiger partial charge >= 0.3 is 0 Å². The molecule has 98 valence electrons. The molecule has 1 unspecified atom stereocenters. The fourth-order valence-corrected chi connectivity index (χ4v) is 2.94. The van der Waals surface area contributed by atoms with Crippen molar-refractivity contribution in [2.75, 3.05) is 13.0 Å². The molecule has 0 fully saturated rings. The molecule has 0 spiro atoms. The molecule has 0 radical (unpaired) electrons. The van der Waals surface area contributed by atoms with E-state index in [-0.39, 0.29) is 11.7 Å². The van der Waals surface area contributed by atoms with Crippen LogP contribution >= 0.6 is 0 Å². The Hall–Kier alpha value is -1.88. The molecule has 3 nitrogen and oxygen atoms in total. The summed E-state index contributed by atoms with van der Waals surface area (Å²) in [7, 11) is 0.339. The molecular weight excluding hydrogens is 267 g/mol. The van der Waals surface area contributed by atoms with Gasteiger partial charge in [-0.05, 0) is 35.4 Å². The van der Waals surface area contributed by atoms with Gasteiger partial charge in [0.25, 0.3) is 0 Å². The van der Waals surface area contributed by atoms with Gasteiger partial charge in [-0.2, -0.15) is 0 Å². The van der Waals surface area contributed by atoms with E-state index < -0.39 is 16.6 Å². The lowest BCUT2D eigenvalue weighted by molar-refractivity contribution is 0.386. The smallest absolute Gasteiger partial charge is 0.167 e. The predicted octanol–water partition coefficient (Wildman–Crippen LogP) is 2.96. The van der Waals surface area contributed by atoms with Gasteiger partial charge in [-0.1, -0.05) is 12.1 Å². The van der Waals surface area contributed by atoms with E-state index in [9.17, 15) is 8.60 Å². The number of halogens is 1. The maximum absolute atomic E-state index is 13.7. The second kappa shape index (κ2) is 4.66. The van der Waals surface area contributed by atoms with E-state index >= 15 is 0 Å². The summed E-state index contributed by atoms with van der Waals surface area (Å²) in [6.07, 6.45) is 0. The van der Waals surface area contributed by atoms with Gasteiger partial charge in [0.2, 0.25) is 0 Å². The van der Waals surface area contributed by atoms with Crippen molar-refractivity contribution in [2.24, 2.45) is 0 Å². The van der Waals surface area contributed by atoms with Gasteiger partial charge in [0.05, 0.1) is 22.8 Å². The zero-order valence-corrected chi connectivity index (χ0v) is 11.0. The minimum Gasteiger partial charge on any atom is -0.494 e. The Morgan fingerprint density at radius 3 is 2.68 bits per heavy atom. The third-order valence-corrected chi connectivity index (χ3v) is 4.16. The molecule has 19 heavy (non-hydrogen) atoms. The van der Waals surface area contributed by atoms with Gasteiger partial charge in [-0.25, -0.2) is 4.39 Å². The first-order valence-electron chi connectivity index (χ1n) is 5.68. The number of hydrogen-bond donors (Lipinski definition) is 0. The van der Waals surface area contributed by atoms with E-state index in [0.717, 1.165) is 11.1 Å².